The fourth-order valence-corrected chi connectivity index (χ4v) is 3.08. The van der Waals surface area contributed by atoms with E-state index in [1.54, 1.807) is 0 Å². The van der Waals surface area contributed by atoms with Crippen LogP contribution in [0.15, 0.2) is 36.5 Å². The quantitative estimate of drug-likeness (QED) is 0.894. The van der Waals surface area contributed by atoms with E-state index in [1.807, 2.05) is 0 Å². The van der Waals surface area contributed by atoms with E-state index in [1.165, 1.54) is 16.8 Å². The van der Waals surface area contributed by atoms with E-state index in [9.17, 15) is 5.11 Å². The highest BCUT2D eigenvalue weighted by Crippen LogP contribution is 2.30. The number of rotatable bonds is 3. The predicted octanol–water partition coefficient (Wildman–Crippen LogP) is 4.03. The third-order valence-corrected chi connectivity index (χ3v) is 4.36. The van der Waals surface area contributed by atoms with Crippen LogP contribution < -0.4 is 0 Å². The number of nitrogens with zero attached hydrogens (tertiary/aromatic N) is 1. The van der Waals surface area contributed by atoms with Crippen LogP contribution in [-0.2, 0) is 13.0 Å². The highest BCUT2D eigenvalue weighted by molar-refractivity contribution is 5.30. The van der Waals surface area contributed by atoms with Crippen molar-refractivity contribution in [3.05, 3.63) is 58.9 Å². The molecule has 1 unspecified atom stereocenters. The molecular formula is C18H23NO. The number of aliphatic hydroxyl groups excluding tert-OH is 1. The third-order valence-electron chi connectivity index (χ3n) is 4.36. The maximum absolute atomic E-state index is 10.0. The lowest BCUT2D eigenvalue weighted by Gasteiger charge is -2.20. The second kappa shape index (κ2) is 5.45. The Morgan fingerprint density at radius 3 is 2.65 bits per heavy atom. The predicted molar refractivity (Wildman–Crippen MR) is 82.0 cm³/mol. The van der Waals surface area contributed by atoms with Crippen molar-refractivity contribution in [1.82, 2.24) is 4.57 Å². The Balaban J connectivity index is 1.81. The third kappa shape index (κ3) is 2.53. The van der Waals surface area contributed by atoms with Crippen molar-refractivity contribution >= 4 is 0 Å². The summed E-state index contributed by atoms with van der Waals surface area (Å²) in [7, 11) is 0. The van der Waals surface area contributed by atoms with Crippen molar-refractivity contribution in [3.8, 4) is 0 Å². The summed E-state index contributed by atoms with van der Waals surface area (Å²) in [6.07, 6.45) is 4.94. The van der Waals surface area contributed by atoms with Crippen LogP contribution in [0.3, 0.4) is 0 Å². The summed E-state index contributed by atoms with van der Waals surface area (Å²) >= 11 is 0. The Morgan fingerprint density at radius 1 is 1.20 bits per heavy atom. The number of hydrogen-bond acceptors (Lipinski definition) is 1. The van der Waals surface area contributed by atoms with Gasteiger partial charge in [0, 0.05) is 24.0 Å². The SMILES string of the molecule is CC(C)c1ccc(Cn2ccc3c2CCCC3O)cc1. The molecule has 1 aliphatic rings. The van der Waals surface area contributed by atoms with Gasteiger partial charge in [-0.1, -0.05) is 38.1 Å². The number of fused-ring (bicyclic) bond motifs is 1. The minimum absolute atomic E-state index is 0.261. The molecule has 0 spiro atoms. The summed E-state index contributed by atoms with van der Waals surface area (Å²) in [5.74, 6) is 0.582. The Labute approximate surface area is 121 Å². The molecule has 1 aromatic heterocycles. The van der Waals surface area contributed by atoms with Gasteiger partial charge in [-0.15, -0.1) is 0 Å². The van der Waals surface area contributed by atoms with Crippen molar-refractivity contribution in [2.45, 2.75) is 51.7 Å². The van der Waals surface area contributed by atoms with Gasteiger partial charge in [-0.3, -0.25) is 0 Å². The Bertz CT molecular complexity index is 580. The fourth-order valence-electron chi connectivity index (χ4n) is 3.08. The molecule has 1 aliphatic carbocycles. The van der Waals surface area contributed by atoms with Crippen molar-refractivity contribution in [2.75, 3.05) is 0 Å². The molecular weight excluding hydrogens is 246 g/mol. The minimum Gasteiger partial charge on any atom is -0.388 e. The molecule has 3 rings (SSSR count). The van der Waals surface area contributed by atoms with Crippen LogP contribution in [0, 0.1) is 0 Å². The molecule has 1 aromatic carbocycles. The Hall–Kier alpha value is -1.54. The molecule has 0 fully saturated rings. The smallest absolute Gasteiger partial charge is 0.0807 e. The zero-order valence-electron chi connectivity index (χ0n) is 12.3. The lowest BCUT2D eigenvalue weighted by Crippen LogP contribution is -2.12. The Kier molecular flexibility index (Phi) is 3.66. The zero-order chi connectivity index (χ0) is 14.1. The lowest BCUT2D eigenvalue weighted by atomic mass is 9.95. The average molecular weight is 269 g/mol. The summed E-state index contributed by atoms with van der Waals surface area (Å²) < 4.78 is 2.29. The zero-order valence-corrected chi connectivity index (χ0v) is 12.3. The van der Waals surface area contributed by atoms with Gasteiger partial charge in [0.1, 0.15) is 0 Å². The fraction of sp³-hybridized carbons (Fsp3) is 0.444. The van der Waals surface area contributed by atoms with Gasteiger partial charge in [0.05, 0.1) is 6.10 Å². The second-order valence-corrected chi connectivity index (χ2v) is 6.15. The lowest BCUT2D eigenvalue weighted by molar-refractivity contribution is 0.156. The molecule has 106 valence electrons. The standard InChI is InChI=1S/C18H23NO/c1-13(2)15-8-6-14(7-9-15)12-19-11-10-16-17(19)4-3-5-18(16)20/h6-11,13,18,20H,3-5,12H2,1-2H3. The first-order chi connectivity index (χ1) is 9.65. The summed E-state index contributed by atoms with van der Waals surface area (Å²) in [5.41, 5.74) is 5.17. The monoisotopic (exact) mass is 269 g/mol. The maximum Gasteiger partial charge on any atom is 0.0807 e. The number of hydrogen-bond donors (Lipinski definition) is 1. The van der Waals surface area contributed by atoms with E-state index in [0.29, 0.717) is 5.92 Å². The molecule has 1 N–H and O–H groups in total. The van der Waals surface area contributed by atoms with Crippen LogP contribution in [0.4, 0.5) is 0 Å². The van der Waals surface area contributed by atoms with Crippen LogP contribution in [0.25, 0.3) is 0 Å². The normalized spacial score (nSPS) is 18.3. The highest BCUT2D eigenvalue weighted by atomic mass is 16.3. The van der Waals surface area contributed by atoms with Gasteiger partial charge < -0.3 is 9.67 Å². The van der Waals surface area contributed by atoms with E-state index in [4.69, 9.17) is 0 Å². The van der Waals surface area contributed by atoms with Crippen molar-refractivity contribution in [2.24, 2.45) is 0 Å². The molecule has 1 heterocycles. The van der Waals surface area contributed by atoms with Crippen molar-refractivity contribution in [1.29, 1.82) is 0 Å². The molecule has 0 bridgehead atoms. The maximum atomic E-state index is 10.0. The summed E-state index contributed by atoms with van der Waals surface area (Å²) in [6, 6.07) is 11.0. The molecule has 1 atom stereocenters. The van der Waals surface area contributed by atoms with Gasteiger partial charge in [-0.05, 0) is 42.4 Å². The number of aliphatic hydroxyl groups is 1. The molecule has 0 saturated heterocycles. The molecule has 0 aliphatic heterocycles. The van der Waals surface area contributed by atoms with E-state index in [0.717, 1.165) is 31.4 Å². The average Bonchev–Trinajstić information content (AvgIpc) is 2.84. The number of benzene rings is 1. The first-order valence-electron chi connectivity index (χ1n) is 7.60. The van der Waals surface area contributed by atoms with Gasteiger partial charge >= 0.3 is 0 Å². The summed E-state index contributed by atoms with van der Waals surface area (Å²) in [6.45, 7) is 5.35. The molecule has 0 amide bonds. The van der Waals surface area contributed by atoms with Gasteiger partial charge in [0.2, 0.25) is 0 Å². The molecule has 20 heavy (non-hydrogen) atoms. The summed E-state index contributed by atoms with van der Waals surface area (Å²) in [5, 5.41) is 10.0. The van der Waals surface area contributed by atoms with Gasteiger partial charge in [0.15, 0.2) is 0 Å². The van der Waals surface area contributed by atoms with Gasteiger partial charge in [-0.25, -0.2) is 0 Å². The van der Waals surface area contributed by atoms with E-state index in [-0.39, 0.29) is 6.10 Å². The Morgan fingerprint density at radius 2 is 1.95 bits per heavy atom. The van der Waals surface area contributed by atoms with Crippen LogP contribution in [0.2, 0.25) is 0 Å². The van der Waals surface area contributed by atoms with Crippen LogP contribution in [0.5, 0.6) is 0 Å². The van der Waals surface area contributed by atoms with Crippen LogP contribution in [-0.4, -0.2) is 9.67 Å². The van der Waals surface area contributed by atoms with Gasteiger partial charge in [-0.2, -0.15) is 0 Å². The highest BCUT2D eigenvalue weighted by Gasteiger charge is 2.20. The number of aromatic nitrogens is 1. The van der Waals surface area contributed by atoms with E-state index >= 15 is 0 Å². The van der Waals surface area contributed by atoms with Crippen molar-refractivity contribution < 1.29 is 5.11 Å². The van der Waals surface area contributed by atoms with Crippen LogP contribution >= 0.6 is 0 Å². The molecule has 2 nitrogen and oxygen atoms in total. The molecule has 2 heteroatoms. The topological polar surface area (TPSA) is 25.2 Å². The largest absolute Gasteiger partial charge is 0.388 e. The molecule has 0 saturated carbocycles. The van der Waals surface area contributed by atoms with Crippen molar-refractivity contribution in [3.63, 3.8) is 0 Å². The molecule has 2 aromatic rings. The first kappa shape index (κ1) is 13.4. The van der Waals surface area contributed by atoms with E-state index in [2.05, 4.69) is 54.9 Å². The first-order valence-corrected chi connectivity index (χ1v) is 7.60. The van der Waals surface area contributed by atoms with Gasteiger partial charge in [0.25, 0.3) is 0 Å². The van der Waals surface area contributed by atoms with E-state index < -0.39 is 0 Å². The van der Waals surface area contributed by atoms with Crippen LogP contribution in [0.1, 0.15) is 61.1 Å². The second-order valence-electron chi connectivity index (χ2n) is 6.15. The molecule has 0 radical (unpaired) electrons. The summed E-state index contributed by atoms with van der Waals surface area (Å²) in [4.78, 5) is 0. The minimum atomic E-state index is -0.261.